The van der Waals surface area contributed by atoms with Gasteiger partial charge in [-0.25, -0.2) is 4.79 Å². The predicted octanol–water partition coefficient (Wildman–Crippen LogP) is 3.29. The van der Waals surface area contributed by atoms with Crippen LogP contribution in [-0.4, -0.2) is 30.6 Å². The Bertz CT molecular complexity index is 516. The molecule has 0 aliphatic rings. The molecule has 1 aromatic rings. The summed E-state index contributed by atoms with van der Waals surface area (Å²) in [6.07, 6.45) is 5.38. The molecule has 1 aromatic carbocycles. The topological polar surface area (TPSA) is 72.8 Å². The van der Waals surface area contributed by atoms with Crippen LogP contribution in [0.15, 0.2) is 30.3 Å². The molecule has 0 aromatic heterocycles. The summed E-state index contributed by atoms with van der Waals surface area (Å²) in [5.74, 6) is -1.51. The number of aliphatic hydroxyl groups excluding tert-OH is 1. The van der Waals surface area contributed by atoms with E-state index in [-0.39, 0.29) is 5.76 Å². The van der Waals surface area contributed by atoms with Crippen molar-refractivity contribution >= 4 is 17.5 Å². The highest BCUT2D eigenvalue weighted by Gasteiger charge is 2.12. The molecule has 0 spiro atoms. The lowest BCUT2D eigenvalue weighted by Gasteiger charge is -2.07. The average molecular weight is 306 g/mol. The summed E-state index contributed by atoms with van der Waals surface area (Å²) >= 11 is 0. The van der Waals surface area contributed by atoms with E-state index in [9.17, 15) is 14.7 Å². The van der Waals surface area contributed by atoms with Crippen molar-refractivity contribution in [3.8, 4) is 5.75 Å². The van der Waals surface area contributed by atoms with Crippen LogP contribution in [-0.2, 0) is 14.3 Å². The normalized spacial score (nSPS) is 11.1. The van der Waals surface area contributed by atoms with Crippen LogP contribution in [0, 0.1) is 0 Å². The molecule has 22 heavy (non-hydrogen) atoms. The van der Waals surface area contributed by atoms with E-state index in [1.165, 1.54) is 12.8 Å². The van der Waals surface area contributed by atoms with Gasteiger partial charge in [0.05, 0.1) is 13.7 Å². The number of methoxy groups -OCH3 is 1. The van der Waals surface area contributed by atoms with Crippen molar-refractivity contribution < 1.29 is 24.2 Å². The van der Waals surface area contributed by atoms with Crippen molar-refractivity contribution in [3.05, 3.63) is 35.9 Å². The molecular weight excluding hydrogens is 284 g/mol. The first-order valence-corrected chi connectivity index (χ1v) is 7.34. The summed E-state index contributed by atoms with van der Waals surface area (Å²) in [6.45, 7) is 2.81. The first-order chi connectivity index (χ1) is 10.6. The van der Waals surface area contributed by atoms with Crippen molar-refractivity contribution in [3.63, 3.8) is 0 Å². The third-order valence-corrected chi connectivity index (χ3v) is 3.07. The second-order valence-corrected chi connectivity index (χ2v) is 4.82. The number of ether oxygens (including phenoxy) is 2. The van der Waals surface area contributed by atoms with Crippen molar-refractivity contribution in [1.82, 2.24) is 0 Å². The van der Waals surface area contributed by atoms with E-state index in [0.717, 1.165) is 26.0 Å². The van der Waals surface area contributed by atoms with Crippen LogP contribution >= 0.6 is 0 Å². The van der Waals surface area contributed by atoms with E-state index in [0.29, 0.717) is 17.9 Å². The van der Waals surface area contributed by atoms with Gasteiger partial charge in [-0.1, -0.05) is 26.2 Å². The summed E-state index contributed by atoms with van der Waals surface area (Å²) in [6, 6.07) is 6.67. The Labute approximate surface area is 130 Å². The first kappa shape index (κ1) is 17.8. The summed E-state index contributed by atoms with van der Waals surface area (Å²) < 4.78 is 9.86. The molecule has 0 amide bonds. The Morgan fingerprint density at radius 1 is 1.14 bits per heavy atom. The molecule has 0 heterocycles. The molecular formula is C17H22O5. The van der Waals surface area contributed by atoms with E-state index in [1.54, 1.807) is 24.3 Å². The highest BCUT2D eigenvalue weighted by atomic mass is 16.5. The highest BCUT2D eigenvalue weighted by Crippen LogP contribution is 2.17. The van der Waals surface area contributed by atoms with E-state index in [4.69, 9.17) is 4.74 Å². The van der Waals surface area contributed by atoms with Gasteiger partial charge in [0.15, 0.2) is 0 Å². The predicted molar refractivity (Wildman–Crippen MR) is 83.7 cm³/mol. The lowest BCUT2D eigenvalue weighted by Crippen LogP contribution is -2.13. The van der Waals surface area contributed by atoms with Crippen LogP contribution in [0.5, 0.6) is 5.75 Å². The van der Waals surface area contributed by atoms with Gasteiger partial charge in [0.25, 0.3) is 5.78 Å². The first-order valence-electron chi connectivity index (χ1n) is 7.34. The zero-order chi connectivity index (χ0) is 16.4. The molecule has 120 valence electrons. The summed E-state index contributed by atoms with van der Waals surface area (Å²) in [4.78, 5) is 22.3. The fourth-order valence-corrected chi connectivity index (χ4v) is 1.81. The number of carbonyl (C=O) groups is 2. The fraction of sp³-hybridized carbons (Fsp3) is 0.412. The summed E-state index contributed by atoms with van der Waals surface area (Å²) in [7, 11) is 1.11. The van der Waals surface area contributed by atoms with Crippen LogP contribution in [0.1, 0.15) is 38.2 Å². The van der Waals surface area contributed by atoms with E-state index in [2.05, 4.69) is 11.7 Å². The average Bonchev–Trinajstić information content (AvgIpc) is 2.54. The number of hydrogen-bond acceptors (Lipinski definition) is 5. The Morgan fingerprint density at radius 3 is 2.41 bits per heavy atom. The highest BCUT2D eigenvalue weighted by molar-refractivity contribution is 6.39. The van der Waals surface area contributed by atoms with E-state index in [1.807, 2.05) is 0 Å². The van der Waals surface area contributed by atoms with Gasteiger partial charge in [0.1, 0.15) is 11.5 Å². The molecule has 0 fully saturated rings. The van der Waals surface area contributed by atoms with E-state index >= 15 is 0 Å². The lowest BCUT2D eigenvalue weighted by molar-refractivity contribution is -0.149. The van der Waals surface area contributed by atoms with Crippen LogP contribution in [0.2, 0.25) is 0 Å². The number of carbonyl (C=O) groups excluding carboxylic acids is 2. The van der Waals surface area contributed by atoms with Gasteiger partial charge in [0, 0.05) is 11.6 Å². The zero-order valence-corrected chi connectivity index (χ0v) is 13.0. The van der Waals surface area contributed by atoms with E-state index < -0.39 is 11.8 Å². The molecule has 0 aliphatic heterocycles. The van der Waals surface area contributed by atoms with Gasteiger partial charge in [-0.2, -0.15) is 0 Å². The van der Waals surface area contributed by atoms with Gasteiger partial charge in [-0.15, -0.1) is 0 Å². The smallest absolute Gasteiger partial charge is 0.378 e. The van der Waals surface area contributed by atoms with Gasteiger partial charge in [0.2, 0.25) is 0 Å². The number of ketones is 1. The molecule has 0 saturated heterocycles. The number of rotatable bonds is 9. The van der Waals surface area contributed by atoms with Gasteiger partial charge < -0.3 is 14.6 Å². The molecule has 0 saturated carbocycles. The Hall–Kier alpha value is -2.30. The Morgan fingerprint density at radius 2 is 1.82 bits per heavy atom. The van der Waals surface area contributed by atoms with Crippen LogP contribution in [0.25, 0.3) is 5.76 Å². The quantitative estimate of drug-likeness (QED) is 0.249. The van der Waals surface area contributed by atoms with Crippen LogP contribution in [0.3, 0.4) is 0 Å². The third-order valence-electron chi connectivity index (χ3n) is 3.07. The number of aliphatic hydroxyl groups is 1. The number of hydrogen-bond donors (Lipinski definition) is 1. The maximum atomic E-state index is 11.3. The number of benzene rings is 1. The molecule has 1 rings (SSSR count). The van der Waals surface area contributed by atoms with Crippen molar-refractivity contribution in [2.45, 2.75) is 32.6 Å². The second-order valence-electron chi connectivity index (χ2n) is 4.82. The molecule has 0 radical (unpaired) electrons. The standard InChI is InChI=1S/C17H22O5/c1-3-4-5-6-11-22-14-9-7-13(8-10-14)15(18)12-16(19)17(20)21-2/h7-10,12,18H,3-6,11H2,1-2H3. The largest absolute Gasteiger partial charge is 0.507 e. The fourth-order valence-electron chi connectivity index (χ4n) is 1.81. The minimum Gasteiger partial charge on any atom is -0.507 e. The molecule has 5 nitrogen and oxygen atoms in total. The Kier molecular flexibility index (Phi) is 7.75. The Balaban J connectivity index is 2.55. The molecule has 1 N–H and O–H groups in total. The van der Waals surface area contributed by atoms with Crippen LogP contribution < -0.4 is 4.74 Å². The number of esters is 1. The SMILES string of the molecule is CCCCCCOc1ccc(C(O)=CC(=O)C(=O)OC)cc1. The minimum absolute atomic E-state index is 0.287. The molecule has 5 heteroatoms. The lowest BCUT2D eigenvalue weighted by atomic mass is 10.1. The van der Waals surface area contributed by atoms with Gasteiger partial charge in [-0.3, -0.25) is 4.79 Å². The molecule has 0 atom stereocenters. The maximum Gasteiger partial charge on any atom is 0.378 e. The zero-order valence-electron chi connectivity index (χ0n) is 13.0. The molecule has 0 bridgehead atoms. The molecule has 0 unspecified atom stereocenters. The second kappa shape index (κ2) is 9.60. The monoisotopic (exact) mass is 306 g/mol. The van der Waals surface area contributed by atoms with Crippen molar-refractivity contribution in [1.29, 1.82) is 0 Å². The summed E-state index contributed by atoms with van der Waals surface area (Å²) in [5, 5.41) is 9.79. The third kappa shape index (κ3) is 5.99. The van der Waals surface area contributed by atoms with Gasteiger partial charge in [-0.05, 0) is 30.7 Å². The van der Waals surface area contributed by atoms with Crippen molar-refractivity contribution in [2.24, 2.45) is 0 Å². The van der Waals surface area contributed by atoms with Gasteiger partial charge >= 0.3 is 5.97 Å². The minimum atomic E-state index is -1.02. The van der Waals surface area contributed by atoms with Crippen molar-refractivity contribution in [2.75, 3.05) is 13.7 Å². The summed E-state index contributed by atoms with van der Waals surface area (Å²) in [5.41, 5.74) is 0.426. The maximum absolute atomic E-state index is 11.3. The molecule has 0 aliphatic carbocycles. The number of unbranched alkanes of at least 4 members (excludes halogenated alkanes) is 3. The van der Waals surface area contributed by atoms with Crippen LogP contribution in [0.4, 0.5) is 0 Å².